The highest BCUT2D eigenvalue weighted by atomic mass is 16.6. The Labute approximate surface area is 117 Å². The van der Waals surface area contributed by atoms with Crippen molar-refractivity contribution in [3.8, 4) is 0 Å². The van der Waals surface area contributed by atoms with E-state index in [0.717, 1.165) is 0 Å². The minimum atomic E-state index is -1.33. The molecule has 124 valence electrons. The molecule has 20 heavy (non-hydrogen) atoms. The average Bonchev–Trinajstić information content (AvgIpc) is 2.14. The molecule has 0 bridgehead atoms. The summed E-state index contributed by atoms with van der Waals surface area (Å²) in [6, 6.07) is 0. The smallest absolute Gasteiger partial charge is 0.402 e. The quantitative estimate of drug-likeness (QED) is 0.383. The molecular weight excluding hydrogens is 276 g/mol. The van der Waals surface area contributed by atoms with Crippen LogP contribution in [-0.2, 0) is 9.47 Å². The molecule has 0 saturated heterocycles. The second kappa shape index (κ2) is 13.8. The number of primary amides is 2. The Morgan fingerprint density at radius 3 is 0.850 bits per heavy atom. The molecule has 0 aromatic carbocycles. The van der Waals surface area contributed by atoms with Crippen LogP contribution in [0.4, 0.5) is 9.59 Å². The van der Waals surface area contributed by atoms with Crippen LogP contribution < -0.4 is 11.5 Å². The summed E-state index contributed by atoms with van der Waals surface area (Å²) in [5.74, 6) is -1.92. The third-order valence-corrected chi connectivity index (χ3v) is 0.999. The van der Waals surface area contributed by atoms with Crippen molar-refractivity contribution in [2.45, 2.75) is 39.3 Å². The van der Waals surface area contributed by atoms with Gasteiger partial charge in [0.15, 0.2) is 11.6 Å². The van der Waals surface area contributed by atoms with E-state index in [2.05, 4.69) is 20.9 Å². The van der Waals surface area contributed by atoms with Crippen LogP contribution >= 0.6 is 0 Å². The summed E-state index contributed by atoms with van der Waals surface area (Å²) in [6.45, 7) is 6.31. The van der Waals surface area contributed by atoms with Gasteiger partial charge in [-0.25, -0.2) is 9.59 Å². The van der Waals surface area contributed by atoms with Crippen LogP contribution in [0.2, 0.25) is 0 Å². The van der Waals surface area contributed by atoms with Crippen molar-refractivity contribution in [1.82, 2.24) is 0 Å². The van der Waals surface area contributed by atoms with Gasteiger partial charge in [0.25, 0.3) is 0 Å². The lowest BCUT2D eigenvalue weighted by Gasteiger charge is -2.12. The lowest BCUT2D eigenvalue weighted by atomic mass is 10.4. The highest BCUT2D eigenvalue weighted by Gasteiger charge is 2.07. The van der Waals surface area contributed by atoms with Gasteiger partial charge in [0.05, 0.1) is 0 Å². The van der Waals surface area contributed by atoms with Crippen LogP contribution in [0, 0.1) is 0 Å². The monoisotopic (exact) mass is 302 g/mol. The summed E-state index contributed by atoms with van der Waals surface area (Å²) in [7, 11) is 2.92. The summed E-state index contributed by atoms with van der Waals surface area (Å²) < 4.78 is 8.99. The Morgan fingerprint density at radius 1 is 0.800 bits per heavy atom. The fraction of sp³-hybridized carbons (Fsp3) is 0.800. The standard InChI is InChI=1S/2C4H10O2.2CH3NO2/c2*1-4(2,5)6-3;2*2-1(3)4/h2*5H,1-3H3;2*2H2,(H,3,4). The first-order valence-electron chi connectivity index (χ1n) is 5.10. The van der Waals surface area contributed by atoms with Gasteiger partial charge in [0, 0.05) is 14.2 Å². The van der Waals surface area contributed by atoms with E-state index < -0.39 is 23.8 Å². The topological polar surface area (TPSA) is 186 Å². The fourth-order valence-electron chi connectivity index (χ4n) is 0. The zero-order chi connectivity index (χ0) is 17.6. The molecule has 0 rings (SSSR count). The highest BCUT2D eigenvalue weighted by molar-refractivity contribution is 5.61. The Bertz CT molecular complexity index is 211. The van der Waals surface area contributed by atoms with Crippen molar-refractivity contribution in [3.05, 3.63) is 0 Å². The first-order valence-corrected chi connectivity index (χ1v) is 5.10. The zero-order valence-electron chi connectivity index (χ0n) is 12.6. The number of nitrogens with two attached hydrogens (primary N) is 2. The molecule has 0 aliphatic carbocycles. The molecule has 8 N–H and O–H groups in total. The SMILES string of the molecule is COC(C)(C)O.COC(C)(C)O.NC(=O)O.NC(=O)O. The summed E-state index contributed by atoms with van der Waals surface area (Å²) in [6.07, 6.45) is -2.67. The van der Waals surface area contributed by atoms with Crippen LogP contribution in [0.15, 0.2) is 0 Å². The van der Waals surface area contributed by atoms with E-state index in [1.54, 1.807) is 27.7 Å². The molecule has 0 radical (unpaired) electrons. The summed E-state index contributed by atoms with van der Waals surface area (Å²) >= 11 is 0. The molecule has 0 aromatic heterocycles. The first-order chi connectivity index (χ1) is 8.59. The van der Waals surface area contributed by atoms with Crippen molar-refractivity contribution in [1.29, 1.82) is 0 Å². The maximum absolute atomic E-state index is 8.78. The van der Waals surface area contributed by atoms with Gasteiger partial charge in [-0.05, 0) is 27.7 Å². The van der Waals surface area contributed by atoms with Gasteiger partial charge in [-0.15, -0.1) is 0 Å². The van der Waals surface area contributed by atoms with Gasteiger partial charge >= 0.3 is 12.2 Å². The first kappa shape index (κ1) is 26.8. The zero-order valence-corrected chi connectivity index (χ0v) is 12.6. The third-order valence-electron chi connectivity index (χ3n) is 0.999. The van der Waals surface area contributed by atoms with Gasteiger partial charge < -0.3 is 41.4 Å². The number of amides is 2. The van der Waals surface area contributed by atoms with Gasteiger partial charge in [0.1, 0.15) is 0 Å². The van der Waals surface area contributed by atoms with E-state index in [-0.39, 0.29) is 0 Å². The van der Waals surface area contributed by atoms with Crippen LogP contribution in [0.5, 0.6) is 0 Å². The van der Waals surface area contributed by atoms with Crippen molar-refractivity contribution in [2.24, 2.45) is 11.5 Å². The molecule has 0 saturated carbocycles. The van der Waals surface area contributed by atoms with Gasteiger partial charge in [-0.1, -0.05) is 0 Å². The Balaban J connectivity index is -0.0000000871. The van der Waals surface area contributed by atoms with E-state index in [4.69, 9.17) is 30.0 Å². The summed E-state index contributed by atoms with van der Waals surface area (Å²) in [4.78, 5) is 17.6. The molecule has 0 fully saturated rings. The molecule has 0 aliphatic rings. The number of aliphatic hydroxyl groups is 2. The second-order valence-corrected chi connectivity index (χ2v) is 3.98. The van der Waals surface area contributed by atoms with Gasteiger partial charge in [-0.3, -0.25) is 0 Å². The lowest BCUT2D eigenvalue weighted by molar-refractivity contribution is -0.155. The number of ether oxygens (including phenoxy) is 2. The van der Waals surface area contributed by atoms with Crippen LogP contribution in [0.1, 0.15) is 27.7 Å². The van der Waals surface area contributed by atoms with Crippen LogP contribution in [0.3, 0.4) is 0 Å². The van der Waals surface area contributed by atoms with Crippen molar-refractivity contribution >= 4 is 12.2 Å². The fourth-order valence-corrected chi connectivity index (χ4v) is 0. The number of methoxy groups -OCH3 is 2. The van der Waals surface area contributed by atoms with E-state index in [1.165, 1.54) is 14.2 Å². The number of hydrogen-bond acceptors (Lipinski definition) is 6. The van der Waals surface area contributed by atoms with Crippen molar-refractivity contribution in [2.75, 3.05) is 14.2 Å². The Hall–Kier alpha value is -1.62. The number of carbonyl (C=O) groups is 2. The number of rotatable bonds is 2. The largest absolute Gasteiger partial charge is 0.465 e. The Morgan fingerprint density at radius 2 is 0.850 bits per heavy atom. The second-order valence-electron chi connectivity index (χ2n) is 3.98. The van der Waals surface area contributed by atoms with E-state index in [0.29, 0.717) is 0 Å². The molecule has 0 aliphatic heterocycles. The normalized spacial score (nSPS) is 9.60. The van der Waals surface area contributed by atoms with Crippen molar-refractivity contribution < 1.29 is 39.5 Å². The predicted molar refractivity (Wildman–Crippen MR) is 71.0 cm³/mol. The van der Waals surface area contributed by atoms with E-state index in [9.17, 15) is 0 Å². The highest BCUT2D eigenvalue weighted by Crippen LogP contribution is 1.98. The van der Waals surface area contributed by atoms with Gasteiger partial charge in [0.2, 0.25) is 0 Å². The molecule has 0 aromatic rings. The molecule has 10 nitrogen and oxygen atoms in total. The molecule has 0 unspecified atom stereocenters. The van der Waals surface area contributed by atoms with E-state index >= 15 is 0 Å². The van der Waals surface area contributed by atoms with Crippen LogP contribution in [-0.4, -0.2) is 58.4 Å². The number of carboxylic acid groups (broad SMARTS) is 2. The maximum Gasteiger partial charge on any atom is 0.402 e. The summed E-state index contributed by atoms with van der Waals surface area (Å²) in [5, 5.41) is 31.6. The Kier molecular flexibility index (Phi) is 18.5. The average molecular weight is 302 g/mol. The molecule has 0 heterocycles. The lowest BCUT2D eigenvalue weighted by Crippen LogP contribution is -2.20. The number of hydrogen-bond donors (Lipinski definition) is 6. The van der Waals surface area contributed by atoms with Crippen LogP contribution in [0.25, 0.3) is 0 Å². The molecule has 0 spiro atoms. The summed E-state index contributed by atoms with van der Waals surface area (Å²) in [5.41, 5.74) is 8.06. The maximum atomic E-state index is 8.78. The minimum absolute atomic E-state index is 0.958. The predicted octanol–water partition coefficient (Wildman–Crippen LogP) is -0.0314. The third kappa shape index (κ3) is 202. The molecule has 2 amide bonds. The minimum Gasteiger partial charge on any atom is -0.465 e. The van der Waals surface area contributed by atoms with E-state index in [1.807, 2.05) is 0 Å². The van der Waals surface area contributed by atoms with Gasteiger partial charge in [-0.2, -0.15) is 0 Å². The molecule has 0 atom stereocenters. The molecule has 10 heteroatoms. The van der Waals surface area contributed by atoms with Crippen molar-refractivity contribution in [3.63, 3.8) is 0 Å². The molecular formula is C10H26N2O8.